The first kappa shape index (κ1) is 11.1. The van der Waals surface area contributed by atoms with Crippen molar-refractivity contribution in [1.82, 2.24) is 0 Å². The molecule has 0 N–H and O–H groups in total. The lowest BCUT2D eigenvalue weighted by atomic mass is 10.1. The van der Waals surface area contributed by atoms with Gasteiger partial charge in [-0.1, -0.05) is 6.07 Å². The van der Waals surface area contributed by atoms with Gasteiger partial charge in [0.1, 0.15) is 11.5 Å². The average Bonchev–Trinajstić information content (AvgIpc) is 2.10. The van der Waals surface area contributed by atoms with Crippen molar-refractivity contribution < 1.29 is 9.53 Å². The number of thiol groups is 1. The number of benzene rings is 1. The highest BCUT2D eigenvalue weighted by atomic mass is 32.1. The first-order valence-electron chi connectivity index (χ1n) is 4.57. The van der Waals surface area contributed by atoms with E-state index < -0.39 is 0 Å². The van der Waals surface area contributed by atoms with Crippen molar-refractivity contribution in [3.63, 3.8) is 0 Å². The first-order valence-corrected chi connectivity index (χ1v) is 5.02. The Bertz CT molecular complexity index is 334. The zero-order chi connectivity index (χ0) is 10.6. The normalized spacial score (nSPS) is 9.93. The molecule has 0 aliphatic rings. The van der Waals surface area contributed by atoms with E-state index in [1.165, 1.54) is 0 Å². The Morgan fingerprint density at radius 2 is 2.21 bits per heavy atom. The van der Waals surface area contributed by atoms with E-state index in [-0.39, 0.29) is 5.78 Å². The number of ketones is 1. The largest absolute Gasteiger partial charge is 0.494 e. The number of carbonyl (C=O) groups is 1. The molecule has 76 valence electrons. The highest BCUT2D eigenvalue weighted by molar-refractivity contribution is 7.80. The minimum Gasteiger partial charge on any atom is -0.494 e. The van der Waals surface area contributed by atoms with Gasteiger partial charge in [-0.05, 0) is 31.5 Å². The maximum absolute atomic E-state index is 10.9. The van der Waals surface area contributed by atoms with Crippen molar-refractivity contribution in [2.24, 2.45) is 0 Å². The van der Waals surface area contributed by atoms with Gasteiger partial charge in [0.25, 0.3) is 0 Å². The predicted molar refractivity (Wildman–Crippen MR) is 59.2 cm³/mol. The fourth-order valence-electron chi connectivity index (χ4n) is 1.22. The Kier molecular flexibility index (Phi) is 4.01. The van der Waals surface area contributed by atoms with E-state index in [1.807, 2.05) is 25.1 Å². The van der Waals surface area contributed by atoms with Gasteiger partial charge in [0.2, 0.25) is 0 Å². The predicted octanol–water partition coefficient (Wildman–Crippen LogP) is 2.51. The number of rotatable bonds is 4. The third-order valence-electron chi connectivity index (χ3n) is 1.81. The molecule has 14 heavy (non-hydrogen) atoms. The zero-order valence-electron chi connectivity index (χ0n) is 8.41. The van der Waals surface area contributed by atoms with Crippen LogP contribution in [0.25, 0.3) is 0 Å². The lowest BCUT2D eigenvalue weighted by molar-refractivity contribution is -0.116. The summed E-state index contributed by atoms with van der Waals surface area (Å²) in [5, 5.41) is 0. The molecule has 0 heterocycles. The third-order valence-corrected chi connectivity index (χ3v) is 2.22. The molecule has 1 aromatic rings. The molecule has 0 atom stereocenters. The second kappa shape index (κ2) is 5.05. The summed E-state index contributed by atoms with van der Waals surface area (Å²) < 4.78 is 5.31. The smallest absolute Gasteiger partial charge is 0.134 e. The monoisotopic (exact) mass is 210 g/mol. The van der Waals surface area contributed by atoms with Crippen molar-refractivity contribution in [3.8, 4) is 5.75 Å². The summed E-state index contributed by atoms with van der Waals surface area (Å²) in [6, 6.07) is 5.58. The Hall–Kier alpha value is -0.960. The molecule has 1 aromatic carbocycles. The van der Waals surface area contributed by atoms with E-state index >= 15 is 0 Å². The van der Waals surface area contributed by atoms with E-state index in [1.54, 1.807) is 6.92 Å². The van der Waals surface area contributed by atoms with Gasteiger partial charge in [-0.3, -0.25) is 4.79 Å². The van der Waals surface area contributed by atoms with Crippen LogP contribution < -0.4 is 4.74 Å². The van der Waals surface area contributed by atoms with Gasteiger partial charge in [-0.25, -0.2) is 0 Å². The molecule has 0 amide bonds. The van der Waals surface area contributed by atoms with Crippen LogP contribution in [0.5, 0.6) is 5.75 Å². The number of ether oxygens (including phenoxy) is 1. The Balaban J connectivity index is 2.84. The summed E-state index contributed by atoms with van der Waals surface area (Å²) in [5.74, 6) is 0.939. The summed E-state index contributed by atoms with van der Waals surface area (Å²) in [6.07, 6.45) is 0.436. The maximum Gasteiger partial charge on any atom is 0.134 e. The summed E-state index contributed by atoms with van der Waals surface area (Å²) in [4.78, 5) is 11.7. The summed E-state index contributed by atoms with van der Waals surface area (Å²) >= 11 is 4.30. The van der Waals surface area contributed by atoms with Gasteiger partial charge in [-0.15, -0.1) is 12.6 Å². The van der Waals surface area contributed by atoms with Gasteiger partial charge >= 0.3 is 0 Å². The van der Waals surface area contributed by atoms with Crippen molar-refractivity contribution >= 4 is 18.4 Å². The fraction of sp³-hybridized carbons (Fsp3) is 0.364. The molecule has 0 aromatic heterocycles. The van der Waals surface area contributed by atoms with Gasteiger partial charge in [0, 0.05) is 11.3 Å². The molecule has 0 bridgehead atoms. The van der Waals surface area contributed by atoms with E-state index in [9.17, 15) is 4.79 Å². The van der Waals surface area contributed by atoms with Gasteiger partial charge < -0.3 is 4.74 Å². The number of Topliss-reactive ketones (excluding diaryl/α,β-unsaturated/α-hetero) is 1. The molecule has 0 saturated carbocycles. The molecule has 0 spiro atoms. The van der Waals surface area contributed by atoms with Crippen LogP contribution in [-0.2, 0) is 11.2 Å². The summed E-state index contributed by atoms with van der Waals surface area (Å²) in [7, 11) is 0. The van der Waals surface area contributed by atoms with Crippen LogP contribution in [0.2, 0.25) is 0 Å². The second-order valence-electron chi connectivity index (χ2n) is 3.10. The lowest BCUT2D eigenvalue weighted by Crippen LogP contribution is -1.98. The number of hydrogen-bond donors (Lipinski definition) is 1. The van der Waals surface area contributed by atoms with Crippen molar-refractivity contribution in [3.05, 3.63) is 23.8 Å². The molecule has 0 saturated heterocycles. The molecule has 0 radical (unpaired) electrons. The van der Waals surface area contributed by atoms with Crippen LogP contribution in [-0.4, -0.2) is 12.4 Å². The van der Waals surface area contributed by atoms with Crippen LogP contribution in [0.1, 0.15) is 19.4 Å². The van der Waals surface area contributed by atoms with Crippen molar-refractivity contribution in [1.29, 1.82) is 0 Å². The fourth-order valence-corrected chi connectivity index (χ4v) is 1.50. The average molecular weight is 210 g/mol. The zero-order valence-corrected chi connectivity index (χ0v) is 9.30. The van der Waals surface area contributed by atoms with Crippen LogP contribution in [0.3, 0.4) is 0 Å². The standard InChI is InChI=1S/C11H14O2S/c1-3-13-10-5-4-9(6-8(2)12)11(14)7-10/h4-5,7,14H,3,6H2,1-2H3. The third kappa shape index (κ3) is 3.07. The Morgan fingerprint density at radius 1 is 1.50 bits per heavy atom. The molecule has 3 heteroatoms. The number of hydrogen-bond acceptors (Lipinski definition) is 3. The highest BCUT2D eigenvalue weighted by Crippen LogP contribution is 2.21. The molecular weight excluding hydrogens is 196 g/mol. The highest BCUT2D eigenvalue weighted by Gasteiger charge is 2.03. The number of carbonyl (C=O) groups excluding carboxylic acids is 1. The quantitative estimate of drug-likeness (QED) is 0.773. The van der Waals surface area contributed by atoms with E-state index in [0.717, 1.165) is 16.2 Å². The van der Waals surface area contributed by atoms with Gasteiger partial charge in [0.15, 0.2) is 0 Å². The summed E-state index contributed by atoms with van der Waals surface area (Å²) in [6.45, 7) is 4.14. The van der Waals surface area contributed by atoms with Crippen molar-refractivity contribution in [2.75, 3.05) is 6.61 Å². The second-order valence-corrected chi connectivity index (χ2v) is 3.58. The van der Waals surface area contributed by atoms with Gasteiger partial charge in [-0.2, -0.15) is 0 Å². The lowest BCUT2D eigenvalue weighted by Gasteiger charge is -2.06. The van der Waals surface area contributed by atoms with Crippen LogP contribution >= 0.6 is 12.6 Å². The van der Waals surface area contributed by atoms with E-state index in [2.05, 4.69) is 12.6 Å². The molecule has 0 aliphatic carbocycles. The van der Waals surface area contributed by atoms with Crippen molar-refractivity contribution in [2.45, 2.75) is 25.2 Å². The molecule has 1 rings (SSSR count). The Labute approximate surface area is 89.7 Å². The maximum atomic E-state index is 10.9. The SMILES string of the molecule is CCOc1ccc(CC(C)=O)c(S)c1. The topological polar surface area (TPSA) is 26.3 Å². The molecule has 0 unspecified atom stereocenters. The van der Waals surface area contributed by atoms with Gasteiger partial charge in [0.05, 0.1) is 6.61 Å². The molecule has 2 nitrogen and oxygen atoms in total. The summed E-state index contributed by atoms with van der Waals surface area (Å²) in [5.41, 5.74) is 0.948. The minimum atomic E-state index is 0.143. The van der Waals surface area contributed by atoms with Crippen LogP contribution in [0.15, 0.2) is 23.1 Å². The van der Waals surface area contributed by atoms with E-state index in [0.29, 0.717) is 13.0 Å². The van der Waals surface area contributed by atoms with E-state index in [4.69, 9.17) is 4.74 Å². The molecular formula is C11H14O2S. The first-order chi connectivity index (χ1) is 6.63. The Morgan fingerprint density at radius 3 is 2.71 bits per heavy atom. The molecule has 0 fully saturated rings. The minimum absolute atomic E-state index is 0.143. The molecule has 0 aliphatic heterocycles. The van der Waals surface area contributed by atoms with Crippen LogP contribution in [0.4, 0.5) is 0 Å². The van der Waals surface area contributed by atoms with Crippen LogP contribution in [0, 0.1) is 0 Å².